The van der Waals surface area contributed by atoms with Crippen molar-refractivity contribution in [3.8, 4) is 0 Å². The zero-order valence-electron chi connectivity index (χ0n) is 16.3. The van der Waals surface area contributed by atoms with E-state index in [0.29, 0.717) is 18.3 Å². The van der Waals surface area contributed by atoms with Crippen molar-refractivity contribution in [1.29, 1.82) is 0 Å². The van der Waals surface area contributed by atoms with E-state index in [2.05, 4.69) is 17.6 Å². The fraction of sp³-hybridized carbons (Fsp3) is 0.619. The summed E-state index contributed by atoms with van der Waals surface area (Å²) in [6.07, 6.45) is 6.43. The van der Waals surface area contributed by atoms with E-state index in [9.17, 15) is 18.4 Å². The molecule has 3 amide bonds. The summed E-state index contributed by atoms with van der Waals surface area (Å²) in [5, 5.41) is 5.30. The predicted molar refractivity (Wildman–Crippen MR) is 104 cm³/mol. The molecule has 1 aliphatic heterocycles. The van der Waals surface area contributed by atoms with Gasteiger partial charge in [-0.25, -0.2) is 13.6 Å². The minimum Gasteiger partial charge on any atom is -0.343 e. The number of hydrogen-bond acceptors (Lipinski definition) is 2. The van der Waals surface area contributed by atoms with E-state index in [1.54, 1.807) is 0 Å². The van der Waals surface area contributed by atoms with Gasteiger partial charge in [0, 0.05) is 31.6 Å². The van der Waals surface area contributed by atoms with Crippen molar-refractivity contribution in [3.05, 3.63) is 29.8 Å². The Hall–Kier alpha value is -2.18. The summed E-state index contributed by atoms with van der Waals surface area (Å²) in [5.74, 6) is -0.376. The largest absolute Gasteiger partial charge is 0.343 e. The van der Waals surface area contributed by atoms with Crippen LogP contribution in [-0.4, -0.2) is 36.0 Å². The van der Waals surface area contributed by atoms with E-state index in [0.717, 1.165) is 63.7 Å². The number of likely N-dealkylation sites (tertiary alicyclic amines) is 1. The molecule has 1 atom stereocenters. The highest BCUT2D eigenvalue weighted by Crippen LogP contribution is 2.32. The molecule has 154 valence electrons. The number of anilines is 1. The number of carbonyl (C=O) groups is 2. The molecule has 2 fully saturated rings. The molecule has 0 aromatic heterocycles. The van der Waals surface area contributed by atoms with Gasteiger partial charge < -0.3 is 15.5 Å². The topological polar surface area (TPSA) is 61.4 Å². The van der Waals surface area contributed by atoms with Crippen LogP contribution >= 0.6 is 0 Å². The molecular weight excluding hydrogens is 364 g/mol. The summed E-state index contributed by atoms with van der Waals surface area (Å²) < 4.78 is 26.6. The fourth-order valence-corrected chi connectivity index (χ4v) is 4.30. The van der Waals surface area contributed by atoms with Gasteiger partial charge in [-0.3, -0.25) is 4.79 Å². The number of hydrogen-bond donors (Lipinski definition) is 2. The molecule has 2 aliphatic rings. The van der Waals surface area contributed by atoms with Crippen LogP contribution in [0.3, 0.4) is 0 Å². The van der Waals surface area contributed by atoms with Gasteiger partial charge in [-0.2, -0.15) is 0 Å². The first-order valence-corrected chi connectivity index (χ1v) is 10.2. The Morgan fingerprint density at radius 1 is 1.14 bits per heavy atom. The third-order valence-electron chi connectivity index (χ3n) is 6.05. The molecular formula is C21H29F2N3O2. The van der Waals surface area contributed by atoms with Gasteiger partial charge in [0.25, 0.3) is 0 Å². The lowest BCUT2D eigenvalue weighted by Gasteiger charge is -2.33. The van der Waals surface area contributed by atoms with Crippen molar-refractivity contribution >= 4 is 17.6 Å². The minimum absolute atomic E-state index is 0.0289. The Kier molecular flexibility index (Phi) is 6.86. The number of amides is 3. The molecule has 1 aromatic rings. The molecule has 5 nitrogen and oxygen atoms in total. The standard InChI is InChI=1S/C21H29F2N3O2/c1-14(12-20(27)26-10-2-3-11-26)15-4-7-17(8-5-15)24-21(28)25-19-9-6-16(22)13-18(19)23/h6,9,13-15,17H,2-5,7-8,10-12H2,1H3,(H2,24,25,28)/t14-,15?,17?/m1/s1. The van der Waals surface area contributed by atoms with Crippen LogP contribution in [0.25, 0.3) is 0 Å². The van der Waals surface area contributed by atoms with Crippen LogP contribution in [0, 0.1) is 23.5 Å². The van der Waals surface area contributed by atoms with Gasteiger partial charge in [0.15, 0.2) is 0 Å². The number of benzene rings is 1. The highest BCUT2D eigenvalue weighted by Gasteiger charge is 2.29. The number of urea groups is 1. The van der Waals surface area contributed by atoms with Crippen LogP contribution in [0.15, 0.2) is 18.2 Å². The molecule has 0 spiro atoms. The summed E-state index contributed by atoms with van der Waals surface area (Å²) in [4.78, 5) is 26.4. The summed E-state index contributed by atoms with van der Waals surface area (Å²) >= 11 is 0. The minimum atomic E-state index is -0.796. The Labute approximate surface area is 164 Å². The van der Waals surface area contributed by atoms with E-state index in [1.165, 1.54) is 6.07 Å². The molecule has 0 bridgehead atoms. The first-order chi connectivity index (χ1) is 13.4. The second-order valence-corrected chi connectivity index (χ2v) is 8.10. The second-order valence-electron chi connectivity index (χ2n) is 8.10. The van der Waals surface area contributed by atoms with Crippen LogP contribution in [0.5, 0.6) is 0 Å². The molecule has 1 saturated heterocycles. The Morgan fingerprint density at radius 3 is 2.46 bits per heavy atom. The summed E-state index contributed by atoms with van der Waals surface area (Å²) in [6.45, 7) is 3.94. The lowest BCUT2D eigenvalue weighted by Crippen LogP contribution is -2.41. The van der Waals surface area contributed by atoms with Crippen molar-refractivity contribution < 1.29 is 18.4 Å². The molecule has 3 rings (SSSR count). The molecule has 2 N–H and O–H groups in total. The van der Waals surface area contributed by atoms with E-state index >= 15 is 0 Å². The number of carbonyl (C=O) groups excluding carboxylic acids is 2. The summed E-state index contributed by atoms with van der Waals surface area (Å²) in [6, 6.07) is 2.60. The second kappa shape index (κ2) is 9.34. The highest BCUT2D eigenvalue weighted by atomic mass is 19.1. The van der Waals surface area contributed by atoms with Gasteiger partial charge in [0.2, 0.25) is 5.91 Å². The third-order valence-corrected chi connectivity index (χ3v) is 6.05. The Morgan fingerprint density at radius 2 is 1.82 bits per heavy atom. The molecule has 0 unspecified atom stereocenters. The van der Waals surface area contributed by atoms with Crippen molar-refractivity contribution in [2.24, 2.45) is 11.8 Å². The molecule has 0 radical (unpaired) electrons. The van der Waals surface area contributed by atoms with E-state index < -0.39 is 17.7 Å². The maximum Gasteiger partial charge on any atom is 0.319 e. The number of rotatable bonds is 5. The fourth-order valence-electron chi connectivity index (χ4n) is 4.30. The highest BCUT2D eigenvalue weighted by molar-refractivity contribution is 5.89. The van der Waals surface area contributed by atoms with Crippen LogP contribution < -0.4 is 10.6 Å². The van der Waals surface area contributed by atoms with Gasteiger partial charge in [0.1, 0.15) is 11.6 Å². The third kappa shape index (κ3) is 5.42. The predicted octanol–water partition coefficient (Wildman–Crippen LogP) is 4.29. The van der Waals surface area contributed by atoms with Crippen molar-refractivity contribution in [2.75, 3.05) is 18.4 Å². The quantitative estimate of drug-likeness (QED) is 0.784. The van der Waals surface area contributed by atoms with E-state index in [1.807, 2.05) is 4.90 Å². The monoisotopic (exact) mass is 393 g/mol. The Bertz CT molecular complexity index is 699. The number of nitrogens with one attached hydrogen (secondary N) is 2. The lowest BCUT2D eigenvalue weighted by atomic mass is 9.77. The molecule has 28 heavy (non-hydrogen) atoms. The van der Waals surface area contributed by atoms with Gasteiger partial charge in [-0.15, -0.1) is 0 Å². The maximum absolute atomic E-state index is 13.6. The average molecular weight is 393 g/mol. The van der Waals surface area contributed by atoms with E-state index in [4.69, 9.17) is 0 Å². The normalized spacial score (nSPS) is 23.3. The zero-order valence-corrected chi connectivity index (χ0v) is 16.3. The summed E-state index contributed by atoms with van der Waals surface area (Å²) in [5.41, 5.74) is -0.0402. The Balaban J connectivity index is 1.40. The number of nitrogens with zero attached hydrogens (tertiary/aromatic N) is 1. The van der Waals surface area contributed by atoms with Crippen LogP contribution in [0.2, 0.25) is 0 Å². The van der Waals surface area contributed by atoms with Crippen LogP contribution in [0.4, 0.5) is 19.3 Å². The molecule has 1 heterocycles. The maximum atomic E-state index is 13.6. The molecule has 1 aromatic carbocycles. The number of halogens is 2. The van der Waals surface area contributed by atoms with Gasteiger partial charge in [-0.05, 0) is 62.5 Å². The summed E-state index contributed by atoms with van der Waals surface area (Å²) in [7, 11) is 0. The average Bonchev–Trinajstić information content (AvgIpc) is 3.19. The van der Waals surface area contributed by atoms with Crippen molar-refractivity contribution in [2.45, 2.75) is 57.9 Å². The van der Waals surface area contributed by atoms with Crippen molar-refractivity contribution in [3.63, 3.8) is 0 Å². The first-order valence-electron chi connectivity index (χ1n) is 10.2. The lowest BCUT2D eigenvalue weighted by molar-refractivity contribution is -0.131. The van der Waals surface area contributed by atoms with Crippen molar-refractivity contribution in [1.82, 2.24) is 10.2 Å². The van der Waals surface area contributed by atoms with E-state index in [-0.39, 0.29) is 17.6 Å². The first kappa shape index (κ1) is 20.6. The molecule has 1 saturated carbocycles. The van der Waals surface area contributed by atoms with Crippen LogP contribution in [0.1, 0.15) is 51.9 Å². The molecule has 7 heteroatoms. The van der Waals surface area contributed by atoms with Gasteiger partial charge in [-0.1, -0.05) is 6.92 Å². The SMILES string of the molecule is C[C@H](CC(=O)N1CCCC1)C1CCC(NC(=O)Nc2ccc(F)cc2F)CC1. The zero-order chi connectivity index (χ0) is 20.1. The van der Waals surface area contributed by atoms with Gasteiger partial charge >= 0.3 is 6.03 Å². The molecule has 1 aliphatic carbocycles. The van der Waals surface area contributed by atoms with Crippen LogP contribution in [-0.2, 0) is 4.79 Å². The van der Waals surface area contributed by atoms with Gasteiger partial charge in [0.05, 0.1) is 5.69 Å². The smallest absolute Gasteiger partial charge is 0.319 e.